The molecule has 2 aliphatic rings. The van der Waals surface area contributed by atoms with Gasteiger partial charge in [0.1, 0.15) is 11.8 Å². The minimum atomic E-state index is -0.620. The van der Waals surface area contributed by atoms with Gasteiger partial charge in [0.05, 0.1) is 7.11 Å². The molecule has 1 unspecified atom stereocenters. The van der Waals surface area contributed by atoms with E-state index in [1.807, 2.05) is 18.7 Å². The minimum absolute atomic E-state index is 0.000739. The van der Waals surface area contributed by atoms with Crippen LogP contribution in [0.25, 0.3) is 0 Å². The third-order valence-corrected chi connectivity index (χ3v) is 5.60. The zero-order valence-corrected chi connectivity index (χ0v) is 17.4. The standard InChI is InChI=1S/C22H31N3O4/c1-14(2)23-21(27)19(24-20(26)16-6-8-18(29-3)9-7-16)15-10-12-25(13-11-15)22(28)17-4-5-17/h6-9,14-15,17,19H,4-5,10-13H2,1-3H3,(H,23,27)(H,24,26). The lowest BCUT2D eigenvalue weighted by Gasteiger charge is -2.36. The molecule has 3 rings (SSSR count). The molecule has 1 atom stereocenters. The highest BCUT2D eigenvalue weighted by molar-refractivity contribution is 5.97. The third-order valence-electron chi connectivity index (χ3n) is 5.60. The van der Waals surface area contributed by atoms with Crippen LogP contribution in [0.1, 0.15) is 49.9 Å². The molecule has 1 aliphatic heterocycles. The van der Waals surface area contributed by atoms with E-state index in [0.717, 1.165) is 12.8 Å². The highest BCUT2D eigenvalue weighted by Crippen LogP contribution is 2.33. The van der Waals surface area contributed by atoms with Crippen molar-refractivity contribution in [3.63, 3.8) is 0 Å². The molecule has 1 aliphatic carbocycles. The second kappa shape index (κ2) is 9.29. The number of likely N-dealkylation sites (tertiary alicyclic amines) is 1. The molecule has 0 radical (unpaired) electrons. The number of carbonyl (C=O) groups excluding carboxylic acids is 3. The van der Waals surface area contributed by atoms with Crippen LogP contribution in [0, 0.1) is 11.8 Å². The summed E-state index contributed by atoms with van der Waals surface area (Å²) in [5.74, 6) is 0.666. The van der Waals surface area contributed by atoms with Crippen LogP contribution in [0.3, 0.4) is 0 Å². The van der Waals surface area contributed by atoms with E-state index in [2.05, 4.69) is 10.6 Å². The van der Waals surface area contributed by atoms with Crippen molar-refractivity contribution in [2.75, 3.05) is 20.2 Å². The van der Waals surface area contributed by atoms with Crippen molar-refractivity contribution >= 4 is 17.7 Å². The zero-order chi connectivity index (χ0) is 21.0. The van der Waals surface area contributed by atoms with Gasteiger partial charge in [0, 0.05) is 30.6 Å². The summed E-state index contributed by atoms with van der Waals surface area (Å²) in [7, 11) is 1.57. The lowest BCUT2D eigenvalue weighted by molar-refractivity contribution is -0.134. The lowest BCUT2D eigenvalue weighted by atomic mass is 9.88. The number of nitrogens with one attached hydrogen (secondary N) is 2. The van der Waals surface area contributed by atoms with E-state index >= 15 is 0 Å². The number of amides is 3. The second-order valence-electron chi connectivity index (χ2n) is 8.28. The molecule has 1 aromatic carbocycles. The van der Waals surface area contributed by atoms with Crippen LogP contribution in [0.4, 0.5) is 0 Å². The average Bonchev–Trinajstić information content (AvgIpc) is 3.56. The normalized spacial score (nSPS) is 18.3. The van der Waals surface area contributed by atoms with Crippen LogP contribution >= 0.6 is 0 Å². The quantitative estimate of drug-likeness (QED) is 0.731. The lowest BCUT2D eigenvalue weighted by Crippen LogP contribution is -2.54. The number of benzene rings is 1. The van der Waals surface area contributed by atoms with Crippen molar-refractivity contribution in [1.82, 2.24) is 15.5 Å². The number of piperidine rings is 1. The number of carbonyl (C=O) groups is 3. The number of nitrogens with zero attached hydrogens (tertiary/aromatic N) is 1. The molecule has 2 N–H and O–H groups in total. The van der Waals surface area contributed by atoms with Crippen molar-refractivity contribution in [1.29, 1.82) is 0 Å². The Morgan fingerprint density at radius 1 is 1.00 bits per heavy atom. The number of hydrogen-bond donors (Lipinski definition) is 2. The maximum absolute atomic E-state index is 12.8. The van der Waals surface area contributed by atoms with Gasteiger partial charge >= 0.3 is 0 Å². The molecule has 158 valence electrons. The number of ether oxygens (including phenoxy) is 1. The highest BCUT2D eigenvalue weighted by Gasteiger charge is 2.38. The van der Waals surface area contributed by atoms with E-state index in [0.29, 0.717) is 37.2 Å². The minimum Gasteiger partial charge on any atom is -0.497 e. The van der Waals surface area contributed by atoms with Gasteiger partial charge in [-0.25, -0.2) is 0 Å². The molecular weight excluding hydrogens is 370 g/mol. The van der Waals surface area contributed by atoms with Crippen molar-refractivity contribution in [3.8, 4) is 5.75 Å². The fraction of sp³-hybridized carbons (Fsp3) is 0.591. The smallest absolute Gasteiger partial charge is 0.251 e. The predicted molar refractivity (Wildman–Crippen MR) is 110 cm³/mol. The van der Waals surface area contributed by atoms with Crippen LogP contribution in [0.15, 0.2) is 24.3 Å². The Labute approximate surface area is 172 Å². The van der Waals surface area contributed by atoms with E-state index < -0.39 is 6.04 Å². The molecular formula is C22H31N3O4. The van der Waals surface area contributed by atoms with Gasteiger partial charge in [0.2, 0.25) is 11.8 Å². The van der Waals surface area contributed by atoms with E-state index in [-0.39, 0.29) is 35.6 Å². The largest absolute Gasteiger partial charge is 0.497 e. The van der Waals surface area contributed by atoms with E-state index in [9.17, 15) is 14.4 Å². The van der Waals surface area contributed by atoms with Crippen LogP contribution in [0.5, 0.6) is 5.75 Å². The molecule has 7 nitrogen and oxygen atoms in total. The molecule has 1 aromatic rings. The summed E-state index contributed by atoms with van der Waals surface area (Å²) in [5, 5.41) is 5.85. The average molecular weight is 402 g/mol. The van der Waals surface area contributed by atoms with E-state index in [4.69, 9.17) is 4.74 Å². The van der Waals surface area contributed by atoms with Crippen LogP contribution in [-0.2, 0) is 9.59 Å². The summed E-state index contributed by atoms with van der Waals surface area (Å²) in [6, 6.07) is 6.18. The second-order valence-corrected chi connectivity index (χ2v) is 8.28. The van der Waals surface area contributed by atoms with Gasteiger partial charge < -0.3 is 20.3 Å². The Kier molecular flexibility index (Phi) is 6.77. The molecule has 0 bridgehead atoms. The van der Waals surface area contributed by atoms with Gasteiger partial charge in [-0.2, -0.15) is 0 Å². The molecule has 2 fully saturated rings. The SMILES string of the molecule is COc1ccc(C(=O)NC(C(=O)NC(C)C)C2CCN(C(=O)C3CC3)CC2)cc1. The summed E-state index contributed by atoms with van der Waals surface area (Å²) >= 11 is 0. The van der Waals surface area contributed by atoms with E-state index in [1.54, 1.807) is 31.4 Å². The fourth-order valence-corrected chi connectivity index (χ4v) is 3.78. The van der Waals surface area contributed by atoms with Crippen LogP contribution in [-0.4, -0.2) is 54.9 Å². The Hall–Kier alpha value is -2.57. The van der Waals surface area contributed by atoms with Gasteiger partial charge in [-0.15, -0.1) is 0 Å². The molecule has 3 amide bonds. The van der Waals surface area contributed by atoms with Crippen molar-refractivity contribution in [2.45, 2.75) is 51.6 Å². The summed E-state index contributed by atoms with van der Waals surface area (Å²) in [6.07, 6.45) is 3.40. The van der Waals surface area contributed by atoms with Crippen LogP contribution < -0.4 is 15.4 Å². The fourth-order valence-electron chi connectivity index (χ4n) is 3.78. The molecule has 7 heteroatoms. The molecule has 29 heavy (non-hydrogen) atoms. The Morgan fingerprint density at radius 3 is 2.14 bits per heavy atom. The van der Waals surface area contributed by atoms with Gasteiger partial charge in [0.15, 0.2) is 0 Å². The number of methoxy groups -OCH3 is 1. The van der Waals surface area contributed by atoms with Crippen molar-refractivity contribution in [3.05, 3.63) is 29.8 Å². The highest BCUT2D eigenvalue weighted by atomic mass is 16.5. The summed E-state index contributed by atoms with van der Waals surface area (Å²) < 4.78 is 5.13. The maximum Gasteiger partial charge on any atom is 0.251 e. The predicted octanol–water partition coefficient (Wildman–Crippen LogP) is 1.97. The Morgan fingerprint density at radius 2 is 1.62 bits per heavy atom. The van der Waals surface area contributed by atoms with Gasteiger partial charge in [0.25, 0.3) is 5.91 Å². The molecule has 1 saturated carbocycles. The first-order valence-electron chi connectivity index (χ1n) is 10.4. The Bertz CT molecular complexity index is 735. The van der Waals surface area contributed by atoms with Crippen LogP contribution in [0.2, 0.25) is 0 Å². The first-order chi connectivity index (χ1) is 13.9. The van der Waals surface area contributed by atoms with Crippen molar-refractivity contribution < 1.29 is 19.1 Å². The molecule has 0 aromatic heterocycles. The molecule has 0 spiro atoms. The van der Waals surface area contributed by atoms with Crippen molar-refractivity contribution in [2.24, 2.45) is 11.8 Å². The summed E-state index contributed by atoms with van der Waals surface area (Å²) in [5.41, 5.74) is 0.481. The monoisotopic (exact) mass is 401 g/mol. The summed E-state index contributed by atoms with van der Waals surface area (Å²) in [4.78, 5) is 39.8. The van der Waals surface area contributed by atoms with E-state index in [1.165, 1.54) is 0 Å². The number of hydrogen-bond acceptors (Lipinski definition) is 4. The maximum atomic E-state index is 12.8. The first-order valence-corrected chi connectivity index (χ1v) is 10.4. The van der Waals surface area contributed by atoms with Gasteiger partial charge in [-0.05, 0) is 69.7 Å². The first kappa shape index (κ1) is 21.1. The Balaban J connectivity index is 1.66. The van der Waals surface area contributed by atoms with Gasteiger partial charge in [-0.1, -0.05) is 0 Å². The van der Waals surface area contributed by atoms with Gasteiger partial charge in [-0.3, -0.25) is 14.4 Å². The topological polar surface area (TPSA) is 87.7 Å². The number of rotatable bonds is 7. The summed E-state index contributed by atoms with van der Waals surface area (Å²) in [6.45, 7) is 5.09. The molecule has 1 heterocycles. The zero-order valence-electron chi connectivity index (χ0n) is 17.4. The third kappa shape index (κ3) is 5.49. The molecule has 1 saturated heterocycles.